The first kappa shape index (κ1) is 28.1. The van der Waals surface area contributed by atoms with Crippen molar-refractivity contribution in [3.63, 3.8) is 0 Å². The van der Waals surface area contributed by atoms with Gasteiger partial charge < -0.3 is 14.4 Å². The number of ether oxygens (including phenoxy) is 2. The number of nitrogens with zero attached hydrogens (tertiary/aromatic N) is 3. The number of benzene rings is 3. The van der Waals surface area contributed by atoms with E-state index in [9.17, 15) is 13.2 Å². The second kappa shape index (κ2) is 12.4. The first-order valence-electron chi connectivity index (χ1n) is 13.8. The van der Waals surface area contributed by atoms with E-state index in [0.717, 1.165) is 13.1 Å². The molecule has 0 saturated carbocycles. The van der Waals surface area contributed by atoms with Crippen LogP contribution in [-0.2, 0) is 14.8 Å². The van der Waals surface area contributed by atoms with E-state index in [1.807, 2.05) is 17.0 Å². The molecule has 8 nitrogen and oxygen atoms in total. The lowest BCUT2D eigenvalue weighted by Crippen LogP contribution is -2.53. The van der Waals surface area contributed by atoms with E-state index in [-0.39, 0.29) is 29.3 Å². The fourth-order valence-corrected chi connectivity index (χ4v) is 7.37. The van der Waals surface area contributed by atoms with E-state index < -0.39 is 10.0 Å². The molecule has 212 valence electrons. The quantitative estimate of drug-likeness (QED) is 0.412. The summed E-state index contributed by atoms with van der Waals surface area (Å²) in [5, 5.41) is 0. The summed E-state index contributed by atoms with van der Waals surface area (Å²) in [5.41, 5.74) is 2.47. The molecule has 1 amide bonds. The summed E-state index contributed by atoms with van der Waals surface area (Å²) in [4.78, 5) is 18.1. The van der Waals surface area contributed by atoms with Crippen LogP contribution >= 0.6 is 0 Å². The van der Waals surface area contributed by atoms with Crippen molar-refractivity contribution in [3.05, 3.63) is 90.0 Å². The highest BCUT2D eigenvalue weighted by atomic mass is 32.2. The zero-order valence-corrected chi connectivity index (χ0v) is 23.9. The Kier molecular flexibility index (Phi) is 8.73. The number of hydrogen-bond acceptors (Lipinski definition) is 6. The summed E-state index contributed by atoms with van der Waals surface area (Å²) in [6, 6.07) is 25.7. The van der Waals surface area contributed by atoms with Crippen LogP contribution in [0.3, 0.4) is 0 Å². The maximum Gasteiger partial charge on any atom is 0.243 e. The molecule has 2 aliphatic rings. The molecule has 9 heteroatoms. The lowest BCUT2D eigenvalue weighted by Gasteiger charge is -2.41. The standard InChI is InChI=1S/C31H37N3O5S/c1-38-28-16-15-27(22-29(28)39-2)40(36,37)34-17-9-14-26(23-34)31(35)33-20-18-32(19-21-33)30(24-10-5-3-6-11-24)25-12-7-4-8-13-25/h3-8,10-13,15-16,22,26,30H,9,14,17-21,23H2,1-2H3/t26-/m0/s1. The molecule has 2 heterocycles. The average molecular weight is 564 g/mol. The van der Waals surface area contributed by atoms with Crippen LogP contribution in [0.15, 0.2) is 83.8 Å². The van der Waals surface area contributed by atoms with Crippen molar-refractivity contribution < 1.29 is 22.7 Å². The highest BCUT2D eigenvalue weighted by Gasteiger charge is 2.37. The fourth-order valence-electron chi connectivity index (χ4n) is 5.83. The van der Waals surface area contributed by atoms with Crippen molar-refractivity contribution in [1.29, 1.82) is 0 Å². The number of rotatable bonds is 8. The van der Waals surface area contributed by atoms with Gasteiger partial charge in [-0.05, 0) is 36.1 Å². The molecule has 3 aromatic rings. The van der Waals surface area contributed by atoms with Gasteiger partial charge in [0.15, 0.2) is 11.5 Å². The molecule has 2 aliphatic heterocycles. The summed E-state index contributed by atoms with van der Waals surface area (Å²) in [5.74, 6) is 0.515. The summed E-state index contributed by atoms with van der Waals surface area (Å²) in [6.07, 6.45) is 1.33. The molecule has 0 unspecified atom stereocenters. The number of amides is 1. The van der Waals surface area contributed by atoms with Crippen molar-refractivity contribution in [2.24, 2.45) is 5.92 Å². The smallest absolute Gasteiger partial charge is 0.243 e. The van der Waals surface area contributed by atoms with Crippen LogP contribution in [-0.4, -0.2) is 81.9 Å². The van der Waals surface area contributed by atoms with E-state index in [0.29, 0.717) is 44.0 Å². The predicted molar refractivity (Wildman–Crippen MR) is 154 cm³/mol. The molecule has 0 N–H and O–H groups in total. The number of carbonyl (C=O) groups excluding carboxylic acids is 1. The van der Waals surface area contributed by atoms with Crippen LogP contribution in [0.1, 0.15) is 30.0 Å². The number of sulfonamides is 1. The third-order valence-corrected chi connectivity index (χ3v) is 9.81. The Hall–Kier alpha value is -3.40. The summed E-state index contributed by atoms with van der Waals surface area (Å²) in [6.45, 7) is 3.32. The van der Waals surface area contributed by atoms with Gasteiger partial charge in [0, 0.05) is 45.3 Å². The summed E-state index contributed by atoms with van der Waals surface area (Å²) < 4.78 is 39.0. The van der Waals surface area contributed by atoms with Gasteiger partial charge in [-0.2, -0.15) is 4.31 Å². The molecule has 0 aliphatic carbocycles. The Morgan fingerprint density at radius 2 is 1.40 bits per heavy atom. The van der Waals surface area contributed by atoms with Crippen molar-refractivity contribution in [1.82, 2.24) is 14.1 Å². The second-order valence-corrected chi connectivity index (χ2v) is 12.2. The molecule has 40 heavy (non-hydrogen) atoms. The van der Waals surface area contributed by atoms with E-state index >= 15 is 0 Å². The molecule has 1 atom stereocenters. The largest absolute Gasteiger partial charge is 0.493 e. The fraction of sp³-hybridized carbons (Fsp3) is 0.387. The van der Waals surface area contributed by atoms with E-state index in [4.69, 9.17) is 9.47 Å². The highest BCUT2D eigenvalue weighted by Crippen LogP contribution is 2.33. The number of methoxy groups -OCH3 is 2. The Balaban J connectivity index is 1.26. The normalized spacial score (nSPS) is 19.0. The van der Waals surface area contributed by atoms with Crippen LogP contribution in [0.4, 0.5) is 0 Å². The van der Waals surface area contributed by atoms with E-state index in [2.05, 4.69) is 53.4 Å². The van der Waals surface area contributed by atoms with Gasteiger partial charge in [-0.1, -0.05) is 60.7 Å². The maximum absolute atomic E-state index is 13.6. The minimum Gasteiger partial charge on any atom is -0.493 e. The van der Waals surface area contributed by atoms with Gasteiger partial charge in [0.25, 0.3) is 0 Å². The molecule has 5 rings (SSSR count). The first-order chi connectivity index (χ1) is 19.4. The molecule has 0 bridgehead atoms. The lowest BCUT2D eigenvalue weighted by molar-refractivity contribution is -0.138. The highest BCUT2D eigenvalue weighted by molar-refractivity contribution is 7.89. The predicted octanol–water partition coefficient (Wildman–Crippen LogP) is 4.04. The molecule has 0 aromatic heterocycles. The van der Waals surface area contributed by atoms with Crippen LogP contribution in [0.5, 0.6) is 11.5 Å². The van der Waals surface area contributed by atoms with Gasteiger partial charge in [-0.3, -0.25) is 9.69 Å². The average Bonchev–Trinajstić information content (AvgIpc) is 3.02. The molecule has 0 radical (unpaired) electrons. The number of piperidine rings is 1. The van der Waals surface area contributed by atoms with Crippen molar-refractivity contribution in [2.45, 2.75) is 23.8 Å². The summed E-state index contributed by atoms with van der Waals surface area (Å²) >= 11 is 0. The SMILES string of the molecule is COc1ccc(S(=O)(=O)N2CCC[C@H](C(=O)N3CCN(C(c4ccccc4)c4ccccc4)CC3)C2)cc1OC. The Labute approximate surface area is 237 Å². The minimum atomic E-state index is -3.78. The molecule has 3 aromatic carbocycles. The van der Waals surface area contributed by atoms with Crippen LogP contribution in [0.25, 0.3) is 0 Å². The van der Waals surface area contributed by atoms with Crippen LogP contribution < -0.4 is 9.47 Å². The monoisotopic (exact) mass is 563 g/mol. The van der Waals surface area contributed by atoms with Crippen LogP contribution in [0, 0.1) is 5.92 Å². The van der Waals surface area contributed by atoms with Crippen LogP contribution in [0.2, 0.25) is 0 Å². The first-order valence-corrected chi connectivity index (χ1v) is 15.2. The van der Waals surface area contributed by atoms with Crippen molar-refractivity contribution in [3.8, 4) is 11.5 Å². The Bertz CT molecular complexity index is 1350. The van der Waals surface area contributed by atoms with Crippen molar-refractivity contribution >= 4 is 15.9 Å². The topological polar surface area (TPSA) is 79.4 Å². The van der Waals surface area contributed by atoms with Gasteiger partial charge in [-0.15, -0.1) is 0 Å². The Morgan fingerprint density at radius 3 is 1.98 bits per heavy atom. The third kappa shape index (κ3) is 5.87. The minimum absolute atomic E-state index is 0.0443. The maximum atomic E-state index is 13.6. The lowest BCUT2D eigenvalue weighted by atomic mass is 9.95. The Morgan fingerprint density at radius 1 is 0.800 bits per heavy atom. The molecular weight excluding hydrogens is 526 g/mol. The van der Waals surface area contributed by atoms with Gasteiger partial charge in [0.2, 0.25) is 15.9 Å². The second-order valence-electron chi connectivity index (χ2n) is 10.3. The zero-order valence-electron chi connectivity index (χ0n) is 23.1. The molecule has 2 saturated heterocycles. The van der Waals surface area contributed by atoms with Gasteiger partial charge >= 0.3 is 0 Å². The third-order valence-electron chi connectivity index (χ3n) is 7.95. The zero-order chi connectivity index (χ0) is 28.1. The van der Waals surface area contributed by atoms with E-state index in [1.54, 1.807) is 6.07 Å². The van der Waals surface area contributed by atoms with Gasteiger partial charge in [-0.25, -0.2) is 8.42 Å². The van der Waals surface area contributed by atoms with E-state index in [1.165, 1.54) is 41.8 Å². The summed E-state index contributed by atoms with van der Waals surface area (Å²) in [7, 11) is -0.791. The molecular formula is C31H37N3O5S. The molecule has 0 spiro atoms. The molecule has 2 fully saturated rings. The number of hydrogen-bond donors (Lipinski definition) is 0. The van der Waals surface area contributed by atoms with Gasteiger partial charge in [0.05, 0.1) is 31.1 Å². The number of carbonyl (C=O) groups is 1. The van der Waals surface area contributed by atoms with Crippen molar-refractivity contribution in [2.75, 3.05) is 53.5 Å². The number of piperazine rings is 1. The van der Waals surface area contributed by atoms with Gasteiger partial charge in [0.1, 0.15) is 0 Å².